The molecule has 0 radical (unpaired) electrons. The summed E-state index contributed by atoms with van der Waals surface area (Å²) in [7, 11) is 0. The minimum absolute atomic E-state index is 0.00954. The monoisotopic (exact) mass is 295 g/mol. The van der Waals surface area contributed by atoms with Gasteiger partial charge in [-0.2, -0.15) is 0 Å². The molecule has 0 bridgehead atoms. The van der Waals surface area contributed by atoms with Gasteiger partial charge in [-0.3, -0.25) is 9.59 Å². The SMILES string of the molecule is CCOC(=O)C[NH2+][C@H]1CC(=O)N(c2ccc(F)cc2)C1=O. The molecule has 1 saturated heterocycles. The zero-order valence-electron chi connectivity index (χ0n) is 11.5. The molecule has 2 rings (SSSR count). The van der Waals surface area contributed by atoms with Gasteiger partial charge in [0.1, 0.15) is 5.82 Å². The highest BCUT2D eigenvalue weighted by molar-refractivity contribution is 6.21. The molecule has 0 unspecified atom stereocenters. The number of imide groups is 1. The molecule has 0 saturated carbocycles. The summed E-state index contributed by atoms with van der Waals surface area (Å²) in [6.07, 6.45) is 0.00954. The largest absolute Gasteiger partial charge is 0.462 e. The van der Waals surface area contributed by atoms with Gasteiger partial charge in [-0.1, -0.05) is 0 Å². The standard InChI is InChI=1S/C14H15FN2O4/c1-2-21-13(19)8-16-11-7-12(18)17(14(11)20)10-5-3-9(15)4-6-10/h3-6,11,16H,2,7-8H2,1H3/p+1/t11-/m0/s1. The predicted molar refractivity (Wildman–Crippen MR) is 70.7 cm³/mol. The van der Waals surface area contributed by atoms with Crippen molar-refractivity contribution in [1.29, 1.82) is 0 Å². The van der Waals surface area contributed by atoms with Gasteiger partial charge in [0.15, 0.2) is 12.6 Å². The number of esters is 1. The number of amides is 2. The van der Waals surface area contributed by atoms with Crippen LogP contribution in [0.1, 0.15) is 13.3 Å². The maximum absolute atomic E-state index is 12.9. The van der Waals surface area contributed by atoms with Gasteiger partial charge < -0.3 is 10.1 Å². The van der Waals surface area contributed by atoms with Gasteiger partial charge in [-0.15, -0.1) is 0 Å². The minimum Gasteiger partial charge on any atom is -0.462 e. The summed E-state index contributed by atoms with van der Waals surface area (Å²) < 4.78 is 17.6. The summed E-state index contributed by atoms with van der Waals surface area (Å²) in [4.78, 5) is 36.4. The van der Waals surface area contributed by atoms with E-state index < -0.39 is 23.7 Å². The molecule has 0 aromatic heterocycles. The lowest BCUT2D eigenvalue weighted by atomic mass is 10.2. The average Bonchev–Trinajstić information content (AvgIpc) is 2.73. The third-order valence-electron chi connectivity index (χ3n) is 3.14. The van der Waals surface area contributed by atoms with E-state index in [2.05, 4.69) is 0 Å². The maximum atomic E-state index is 12.9. The van der Waals surface area contributed by atoms with Gasteiger partial charge in [0.2, 0.25) is 5.91 Å². The van der Waals surface area contributed by atoms with E-state index in [9.17, 15) is 18.8 Å². The Hall–Kier alpha value is -2.28. The quantitative estimate of drug-likeness (QED) is 0.591. The normalized spacial score (nSPS) is 18.2. The number of hydrogen-bond acceptors (Lipinski definition) is 4. The summed E-state index contributed by atoms with van der Waals surface area (Å²) in [6.45, 7) is 1.94. The molecule has 6 nitrogen and oxygen atoms in total. The number of anilines is 1. The van der Waals surface area contributed by atoms with E-state index in [1.54, 1.807) is 6.92 Å². The molecule has 1 heterocycles. The highest BCUT2D eigenvalue weighted by Gasteiger charge is 2.42. The van der Waals surface area contributed by atoms with Crippen LogP contribution in [0.25, 0.3) is 0 Å². The predicted octanol–water partition coefficient (Wildman–Crippen LogP) is -0.416. The van der Waals surface area contributed by atoms with Crippen LogP contribution >= 0.6 is 0 Å². The topological polar surface area (TPSA) is 80.3 Å². The van der Waals surface area contributed by atoms with Gasteiger partial charge in [-0.05, 0) is 31.2 Å². The molecule has 0 aliphatic carbocycles. The number of benzene rings is 1. The molecule has 1 aromatic carbocycles. The summed E-state index contributed by atoms with van der Waals surface area (Å²) in [5.74, 6) is -1.64. The Kier molecular flexibility index (Phi) is 4.64. The van der Waals surface area contributed by atoms with Crippen LogP contribution < -0.4 is 10.2 Å². The van der Waals surface area contributed by atoms with Crippen LogP contribution in [0.3, 0.4) is 0 Å². The zero-order chi connectivity index (χ0) is 15.4. The van der Waals surface area contributed by atoms with Crippen molar-refractivity contribution in [2.24, 2.45) is 0 Å². The molecule has 21 heavy (non-hydrogen) atoms. The number of carbonyl (C=O) groups excluding carboxylic acids is 3. The van der Waals surface area contributed by atoms with Crippen LogP contribution in [0.5, 0.6) is 0 Å². The smallest absolute Gasteiger partial charge is 0.361 e. The Morgan fingerprint density at radius 2 is 2.05 bits per heavy atom. The van der Waals surface area contributed by atoms with Crippen LogP contribution in [0.2, 0.25) is 0 Å². The van der Waals surface area contributed by atoms with Crippen LogP contribution in [0.4, 0.5) is 10.1 Å². The Morgan fingerprint density at radius 3 is 2.67 bits per heavy atom. The van der Waals surface area contributed by atoms with Crippen molar-refractivity contribution in [1.82, 2.24) is 0 Å². The summed E-state index contributed by atoms with van der Waals surface area (Å²) in [5, 5.41) is 1.49. The van der Waals surface area contributed by atoms with Crippen molar-refractivity contribution >= 4 is 23.5 Å². The fourth-order valence-corrected chi connectivity index (χ4v) is 2.16. The van der Waals surface area contributed by atoms with E-state index in [1.807, 2.05) is 0 Å². The second kappa shape index (κ2) is 6.45. The molecule has 1 atom stereocenters. The van der Waals surface area contributed by atoms with Gasteiger partial charge in [-0.25, -0.2) is 14.1 Å². The molecule has 1 aliphatic rings. The van der Waals surface area contributed by atoms with Gasteiger partial charge >= 0.3 is 5.97 Å². The highest BCUT2D eigenvalue weighted by atomic mass is 19.1. The lowest BCUT2D eigenvalue weighted by Crippen LogP contribution is -2.93. The molecule has 1 aromatic rings. The zero-order valence-corrected chi connectivity index (χ0v) is 11.5. The molecule has 2 amide bonds. The first kappa shape index (κ1) is 15.1. The van der Waals surface area contributed by atoms with Gasteiger partial charge in [0, 0.05) is 0 Å². The van der Waals surface area contributed by atoms with Gasteiger partial charge in [0.05, 0.1) is 18.7 Å². The van der Waals surface area contributed by atoms with Crippen LogP contribution in [0.15, 0.2) is 24.3 Å². The molecular weight excluding hydrogens is 279 g/mol. The first-order valence-electron chi connectivity index (χ1n) is 6.64. The summed E-state index contributed by atoms with van der Waals surface area (Å²) in [6, 6.07) is 4.47. The lowest BCUT2D eigenvalue weighted by molar-refractivity contribution is -0.665. The molecule has 7 heteroatoms. The minimum atomic E-state index is -0.646. The molecular formula is C14H16FN2O4+. The van der Waals surface area contributed by atoms with E-state index in [4.69, 9.17) is 4.74 Å². The fourth-order valence-electron chi connectivity index (χ4n) is 2.16. The van der Waals surface area contributed by atoms with Crippen LogP contribution in [-0.4, -0.2) is 37.0 Å². The van der Waals surface area contributed by atoms with E-state index in [1.165, 1.54) is 29.6 Å². The third kappa shape index (κ3) is 3.43. The number of carbonyl (C=O) groups is 3. The number of rotatable bonds is 5. The Morgan fingerprint density at radius 1 is 1.38 bits per heavy atom. The van der Waals surface area contributed by atoms with Crippen molar-refractivity contribution in [3.63, 3.8) is 0 Å². The van der Waals surface area contributed by atoms with E-state index in [-0.39, 0.29) is 25.5 Å². The Bertz CT molecular complexity index is 559. The molecule has 1 aliphatic heterocycles. The number of hydrogen-bond donors (Lipinski definition) is 1. The maximum Gasteiger partial charge on any atom is 0.361 e. The average molecular weight is 295 g/mol. The highest BCUT2D eigenvalue weighted by Crippen LogP contribution is 2.21. The van der Waals surface area contributed by atoms with Crippen molar-refractivity contribution in [3.05, 3.63) is 30.1 Å². The molecule has 2 N–H and O–H groups in total. The van der Waals surface area contributed by atoms with Crippen molar-refractivity contribution in [2.45, 2.75) is 19.4 Å². The van der Waals surface area contributed by atoms with Crippen molar-refractivity contribution in [3.8, 4) is 0 Å². The third-order valence-corrected chi connectivity index (χ3v) is 3.14. The Balaban J connectivity index is 2.03. The molecule has 1 fully saturated rings. The summed E-state index contributed by atoms with van der Waals surface area (Å²) >= 11 is 0. The van der Waals surface area contributed by atoms with E-state index >= 15 is 0 Å². The fraction of sp³-hybridized carbons (Fsp3) is 0.357. The van der Waals surface area contributed by atoms with Crippen molar-refractivity contribution < 1.29 is 28.8 Å². The van der Waals surface area contributed by atoms with Gasteiger partial charge in [0.25, 0.3) is 5.91 Å². The van der Waals surface area contributed by atoms with E-state index in [0.717, 1.165) is 4.90 Å². The second-order valence-electron chi connectivity index (χ2n) is 4.60. The lowest BCUT2D eigenvalue weighted by Gasteiger charge is -2.13. The number of nitrogens with zero attached hydrogens (tertiary/aromatic N) is 1. The molecule has 112 valence electrons. The number of halogens is 1. The number of nitrogens with two attached hydrogens (primary N) is 1. The second-order valence-corrected chi connectivity index (χ2v) is 4.60. The molecule has 0 spiro atoms. The van der Waals surface area contributed by atoms with Crippen molar-refractivity contribution in [2.75, 3.05) is 18.1 Å². The number of ether oxygens (including phenoxy) is 1. The summed E-state index contributed by atoms with van der Waals surface area (Å²) in [5.41, 5.74) is 0.332. The first-order chi connectivity index (χ1) is 10.0. The van der Waals surface area contributed by atoms with E-state index in [0.29, 0.717) is 5.69 Å². The number of quaternary nitrogens is 1. The first-order valence-corrected chi connectivity index (χ1v) is 6.64. The van der Waals surface area contributed by atoms with Crippen LogP contribution in [0, 0.1) is 5.82 Å². The Labute approximate surface area is 120 Å². The van der Waals surface area contributed by atoms with Crippen LogP contribution in [-0.2, 0) is 19.1 Å².